The highest BCUT2D eigenvalue weighted by Gasteiger charge is 2.10. The molecule has 0 amide bonds. The first-order chi connectivity index (χ1) is 9.72. The largest absolute Gasteiger partial charge is 0.481 e. The fourth-order valence-corrected chi connectivity index (χ4v) is 2.24. The Kier molecular flexibility index (Phi) is 3.02. The Balaban J connectivity index is 2.14. The van der Waals surface area contributed by atoms with E-state index in [1.807, 2.05) is 42.2 Å². The van der Waals surface area contributed by atoms with Crippen LogP contribution < -0.4 is 9.47 Å². The molecule has 0 atom stereocenters. The number of aryl methyl sites for hydroxylation is 1. The van der Waals surface area contributed by atoms with Crippen LogP contribution in [0.4, 0.5) is 0 Å². The number of rotatable bonds is 3. The van der Waals surface area contributed by atoms with Gasteiger partial charge in [-0.3, -0.25) is 4.68 Å². The smallest absolute Gasteiger partial charge is 0.224 e. The van der Waals surface area contributed by atoms with Crippen molar-refractivity contribution < 1.29 is 9.47 Å². The molecule has 20 heavy (non-hydrogen) atoms. The van der Waals surface area contributed by atoms with Gasteiger partial charge in [0.25, 0.3) is 0 Å². The first-order valence-corrected chi connectivity index (χ1v) is 6.24. The summed E-state index contributed by atoms with van der Waals surface area (Å²) < 4.78 is 12.3. The molecular weight excluding hydrogens is 254 g/mol. The van der Waals surface area contributed by atoms with Gasteiger partial charge in [-0.2, -0.15) is 10.1 Å². The Morgan fingerprint density at radius 2 is 1.90 bits per heavy atom. The molecule has 0 radical (unpaired) electrons. The van der Waals surface area contributed by atoms with Gasteiger partial charge < -0.3 is 9.47 Å². The second kappa shape index (κ2) is 4.85. The number of benzene rings is 1. The standard InChI is InChI=1S/C15H15N3O2/c1-18-13-6-4-10(8-11(13)9-16-18)12-5-7-14(19-2)17-15(12)20-3/h4-9H,1-3H3. The minimum Gasteiger partial charge on any atom is -0.481 e. The molecule has 0 unspecified atom stereocenters. The fraction of sp³-hybridized carbons (Fsp3) is 0.200. The zero-order valence-corrected chi connectivity index (χ0v) is 11.6. The summed E-state index contributed by atoms with van der Waals surface area (Å²) in [6.45, 7) is 0. The van der Waals surface area contributed by atoms with Gasteiger partial charge in [0.05, 0.1) is 25.9 Å². The Hall–Kier alpha value is -2.56. The summed E-state index contributed by atoms with van der Waals surface area (Å²) in [5.41, 5.74) is 3.06. The van der Waals surface area contributed by atoms with E-state index in [1.54, 1.807) is 14.2 Å². The van der Waals surface area contributed by atoms with E-state index in [2.05, 4.69) is 16.1 Å². The van der Waals surface area contributed by atoms with Gasteiger partial charge >= 0.3 is 0 Å². The average Bonchev–Trinajstić information content (AvgIpc) is 2.87. The lowest BCUT2D eigenvalue weighted by Gasteiger charge is -2.09. The number of nitrogens with zero attached hydrogens (tertiary/aromatic N) is 3. The number of hydrogen-bond acceptors (Lipinski definition) is 4. The number of hydrogen-bond donors (Lipinski definition) is 0. The zero-order valence-electron chi connectivity index (χ0n) is 11.6. The number of methoxy groups -OCH3 is 2. The van der Waals surface area contributed by atoms with E-state index in [0.717, 1.165) is 22.0 Å². The van der Waals surface area contributed by atoms with E-state index in [4.69, 9.17) is 9.47 Å². The van der Waals surface area contributed by atoms with Crippen LogP contribution in [0.2, 0.25) is 0 Å². The van der Waals surface area contributed by atoms with Crippen LogP contribution in [0.15, 0.2) is 36.5 Å². The fourth-order valence-electron chi connectivity index (χ4n) is 2.24. The van der Waals surface area contributed by atoms with Crippen LogP contribution in [-0.4, -0.2) is 29.0 Å². The molecule has 1 aromatic carbocycles. The average molecular weight is 269 g/mol. The van der Waals surface area contributed by atoms with Crippen LogP contribution in [0.1, 0.15) is 0 Å². The number of aromatic nitrogens is 3. The number of pyridine rings is 1. The summed E-state index contributed by atoms with van der Waals surface area (Å²) in [5, 5.41) is 5.34. The first-order valence-electron chi connectivity index (χ1n) is 6.24. The van der Waals surface area contributed by atoms with Crippen molar-refractivity contribution in [1.29, 1.82) is 0 Å². The third kappa shape index (κ3) is 1.97. The van der Waals surface area contributed by atoms with Crippen LogP contribution in [0, 0.1) is 0 Å². The molecule has 3 aromatic rings. The lowest BCUT2D eigenvalue weighted by Crippen LogP contribution is -1.95. The Morgan fingerprint density at radius 1 is 1.05 bits per heavy atom. The van der Waals surface area contributed by atoms with Crippen molar-refractivity contribution in [2.45, 2.75) is 0 Å². The predicted molar refractivity (Wildman–Crippen MR) is 77.0 cm³/mol. The molecule has 2 heterocycles. The maximum absolute atomic E-state index is 5.35. The van der Waals surface area contributed by atoms with Gasteiger partial charge in [0.1, 0.15) is 0 Å². The maximum Gasteiger partial charge on any atom is 0.224 e. The summed E-state index contributed by atoms with van der Waals surface area (Å²) in [6, 6.07) is 9.93. The van der Waals surface area contributed by atoms with Gasteiger partial charge in [0.15, 0.2) is 0 Å². The molecule has 0 aliphatic rings. The summed E-state index contributed by atoms with van der Waals surface area (Å²) >= 11 is 0. The van der Waals surface area contributed by atoms with Crippen LogP contribution in [-0.2, 0) is 7.05 Å². The zero-order chi connectivity index (χ0) is 14.1. The van der Waals surface area contributed by atoms with Gasteiger partial charge in [-0.1, -0.05) is 6.07 Å². The first kappa shape index (κ1) is 12.5. The number of ether oxygens (including phenoxy) is 2. The molecule has 0 aliphatic heterocycles. The van der Waals surface area contributed by atoms with Crippen LogP contribution >= 0.6 is 0 Å². The van der Waals surface area contributed by atoms with E-state index in [-0.39, 0.29) is 0 Å². The van der Waals surface area contributed by atoms with Crippen molar-refractivity contribution in [3.63, 3.8) is 0 Å². The SMILES string of the molecule is COc1ccc(-c2ccc3c(cnn3C)c2)c(OC)n1. The molecule has 0 spiro atoms. The molecule has 0 saturated heterocycles. The normalized spacial score (nSPS) is 10.8. The minimum absolute atomic E-state index is 0.535. The lowest BCUT2D eigenvalue weighted by atomic mass is 10.1. The van der Waals surface area contributed by atoms with Crippen molar-refractivity contribution in [1.82, 2.24) is 14.8 Å². The monoisotopic (exact) mass is 269 g/mol. The molecule has 3 rings (SSSR count). The molecule has 5 heteroatoms. The van der Waals surface area contributed by atoms with Crippen molar-refractivity contribution in [3.8, 4) is 22.9 Å². The Bertz CT molecular complexity index is 765. The number of fused-ring (bicyclic) bond motifs is 1. The second-order valence-electron chi connectivity index (χ2n) is 4.45. The molecule has 0 aliphatic carbocycles. The van der Waals surface area contributed by atoms with Crippen molar-refractivity contribution in [3.05, 3.63) is 36.5 Å². The molecule has 0 bridgehead atoms. The molecule has 0 fully saturated rings. The van der Waals surface area contributed by atoms with Gasteiger partial charge in [0.2, 0.25) is 11.8 Å². The van der Waals surface area contributed by atoms with Crippen LogP contribution in [0.3, 0.4) is 0 Å². The lowest BCUT2D eigenvalue weighted by molar-refractivity contribution is 0.366. The molecule has 102 valence electrons. The van der Waals surface area contributed by atoms with Crippen molar-refractivity contribution >= 4 is 10.9 Å². The van der Waals surface area contributed by atoms with Gasteiger partial charge in [0, 0.05) is 24.1 Å². The van der Waals surface area contributed by atoms with E-state index in [9.17, 15) is 0 Å². The van der Waals surface area contributed by atoms with E-state index < -0.39 is 0 Å². The Labute approximate surface area is 116 Å². The van der Waals surface area contributed by atoms with Gasteiger partial charge in [-0.05, 0) is 23.8 Å². The molecule has 2 aromatic heterocycles. The van der Waals surface area contributed by atoms with E-state index >= 15 is 0 Å². The van der Waals surface area contributed by atoms with Crippen molar-refractivity contribution in [2.24, 2.45) is 7.05 Å². The summed E-state index contributed by atoms with van der Waals surface area (Å²) in [5.74, 6) is 1.08. The molecule has 0 N–H and O–H groups in total. The van der Waals surface area contributed by atoms with Crippen molar-refractivity contribution in [2.75, 3.05) is 14.2 Å². The summed E-state index contributed by atoms with van der Waals surface area (Å²) in [6.07, 6.45) is 1.85. The molecule has 0 saturated carbocycles. The third-order valence-electron chi connectivity index (χ3n) is 3.29. The highest BCUT2D eigenvalue weighted by atomic mass is 16.5. The predicted octanol–water partition coefficient (Wildman–Crippen LogP) is 2.65. The molecule has 5 nitrogen and oxygen atoms in total. The minimum atomic E-state index is 0.535. The topological polar surface area (TPSA) is 49.2 Å². The van der Waals surface area contributed by atoms with Gasteiger partial charge in [-0.25, -0.2) is 0 Å². The van der Waals surface area contributed by atoms with Crippen LogP contribution in [0.25, 0.3) is 22.0 Å². The maximum atomic E-state index is 5.35. The van der Waals surface area contributed by atoms with Gasteiger partial charge in [-0.15, -0.1) is 0 Å². The Morgan fingerprint density at radius 3 is 2.65 bits per heavy atom. The third-order valence-corrected chi connectivity index (χ3v) is 3.29. The highest BCUT2D eigenvalue weighted by Crippen LogP contribution is 2.32. The van der Waals surface area contributed by atoms with Crippen LogP contribution in [0.5, 0.6) is 11.8 Å². The second-order valence-corrected chi connectivity index (χ2v) is 4.45. The highest BCUT2D eigenvalue weighted by molar-refractivity contribution is 5.85. The van der Waals surface area contributed by atoms with E-state index in [1.165, 1.54) is 0 Å². The summed E-state index contributed by atoms with van der Waals surface area (Å²) in [7, 11) is 5.12. The quantitative estimate of drug-likeness (QED) is 0.733. The van der Waals surface area contributed by atoms with E-state index in [0.29, 0.717) is 11.8 Å². The summed E-state index contributed by atoms with van der Waals surface area (Å²) in [4.78, 5) is 4.31. The molecular formula is C15H15N3O2.